The Hall–Kier alpha value is -0.890. The molecule has 0 spiro atoms. The summed E-state index contributed by atoms with van der Waals surface area (Å²) in [5.74, 6) is -0.143. The molecule has 1 atom stereocenters. The van der Waals surface area contributed by atoms with Gasteiger partial charge in [0.25, 0.3) is 0 Å². The minimum absolute atomic E-state index is 0. The Labute approximate surface area is 111 Å². The molecule has 2 aromatic rings. The van der Waals surface area contributed by atoms with Gasteiger partial charge in [-0.25, -0.2) is 0 Å². The summed E-state index contributed by atoms with van der Waals surface area (Å²) in [5.41, 5.74) is 2.28. The van der Waals surface area contributed by atoms with Crippen molar-refractivity contribution in [2.45, 2.75) is 19.8 Å². The molecule has 0 fully saturated rings. The first-order valence-corrected chi connectivity index (χ1v) is 5.08. The third kappa shape index (κ3) is 2.62. The predicted octanol–water partition coefficient (Wildman–Crippen LogP) is 3.36. The van der Waals surface area contributed by atoms with Crippen LogP contribution in [0.1, 0.15) is 24.0 Å². The number of hydrogen-bond donors (Lipinski definition) is 0. The molecule has 0 saturated carbocycles. The predicted molar refractivity (Wildman–Crippen MR) is 62.8 cm³/mol. The molecule has 0 aliphatic heterocycles. The maximum atomic E-state index is 10.6. The van der Waals surface area contributed by atoms with Gasteiger partial charge in [0.05, 0.1) is 0 Å². The first kappa shape index (κ1) is 13.2. The van der Waals surface area contributed by atoms with Gasteiger partial charge in [-0.1, -0.05) is 54.4 Å². The fraction of sp³-hybridized carbons (Fsp3) is 0.214. The van der Waals surface area contributed by atoms with Crippen molar-refractivity contribution >= 4 is 17.1 Å². The molecule has 2 rings (SSSR count). The summed E-state index contributed by atoms with van der Waals surface area (Å²) in [6, 6.07) is 12.4. The van der Waals surface area contributed by atoms with E-state index in [-0.39, 0.29) is 28.3 Å². The van der Waals surface area contributed by atoms with E-state index in [0.29, 0.717) is 0 Å². The standard InChI is InChI=1S/C14H13O.Ag/c1-10-3-4-14-8-12(11(2)9-15)5-6-13(14)7-10;/h3-8,11H,1-2H3;/q-1;+1. The Balaban J connectivity index is 0.00000128. The van der Waals surface area contributed by atoms with E-state index in [2.05, 4.69) is 37.3 Å². The molecule has 2 heteroatoms. The Kier molecular flexibility index (Phi) is 4.48. The van der Waals surface area contributed by atoms with Crippen LogP contribution in [-0.2, 0) is 27.2 Å². The maximum absolute atomic E-state index is 10.6. The maximum Gasteiger partial charge on any atom is 1.00 e. The van der Waals surface area contributed by atoms with Gasteiger partial charge in [-0.05, 0) is 17.7 Å². The van der Waals surface area contributed by atoms with Gasteiger partial charge in [0, 0.05) is 0 Å². The number of hydrogen-bond acceptors (Lipinski definition) is 1. The molecule has 1 nitrogen and oxygen atoms in total. The Bertz CT molecular complexity index is 505. The zero-order chi connectivity index (χ0) is 10.8. The van der Waals surface area contributed by atoms with E-state index in [9.17, 15) is 4.79 Å². The van der Waals surface area contributed by atoms with Crippen LogP contribution in [0.2, 0.25) is 0 Å². The van der Waals surface area contributed by atoms with Crippen LogP contribution in [0.5, 0.6) is 0 Å². The topological polar surface area (TPSA) is 17.1 Å². The molecule has 0 aliphatic carbocycles. The average Bonchev–Trinajstić information content (AvgIpc) is 2.27. The van der Waals surface area contributed by atoms with Gasteiger partial charge in [0.15, 0.2) is 0 Å². The number of benzene rings is 2. The molecule has 0 amide bonds. The third-order valence-electron chi connectivity index (χ3n) is 2.70. The van der Waals surface area contributed by atoms with Crippen LogP contribution >= 0.6 is 0 Å². The van der Waals surface area contributed by atoms with Crippen LogP contribution in [0.3, 0.4) is 0 Å². The van der Waals surface area contributed by atoms with Crippen LogP contribution < -0.4 is 0 Å². The van der Waals surface area contributed by atoms with Crippen LogP contribution in [0, 0.1) is 6.92 Å². The summed E-state index contributed by atoms with van der Waals surface area (Å²) < 4.78 is 0. The first-order chi connectivity index (χ1) is 7.20. The molecule has 2 aromatic carbocycles. The fourth-order valence-corrected chi connectivity index (χ4v) is 1.72. The van der Waals surface area contributed by atoms with Gasteiger partial charge >= 0.3 is 22.4 Å². The van der Waals surface area contributed by atoms with Crippen molar-refractivity contribution in [3.8, 4) is 0 Å². The van der Waals surface area contributed by atoms with Gasteiger partial charge in [-0.15, -0.1) is 5.92 Å². The van der Waals surface area contributed by atoms with E-state index in [1.54, 1.807) is 0 Å². The van der Waals surface area contributed by atoms with Crippen molar-refractivity contribution < 1.29 is 27.2 Å². The Morgan fingerprint density at radius 1 is 1.06 bits per heavy atom. The second-order valence-corrected chi connectivity index (χ2v) is 3.95. The molecule has 0 aliphatic rings. The summed E-state index contributed by atoms with van der Waals surface area (Å²) in [6.07, 6.45) is 2.01. The summed E-state index contributed by atoms with van der Waals surface area (Å²) in [5, 5.41) is 2.40. The number of aryl methyl sites for hydroxylation is 1. The molecular formula is C14H13AgO. The van der Waals surface area contributed by atoms with Gasteiger partial charge in [0.1, 0.15) is 0 Å². The number of rotatable bonds is 2. The molecule has 0 saturated heterocycles. The van der Waals surface area contributed by atoms with E-state index >= 15 is 0 Å². The Morgan fingerprint density at radius 2 is 1.69 bits per heavy atom. The van der Waals surface area contributed by atoms with E-state index in [1.807, 2.05) is 19.3 Å². The molecule has 0 bridgehead atoms. The zero-order valence-electron chi connectivity index (χ0n) is 9.25. The molecular weight excluding hydrogens is 292 g/mol. The second-order valence-electron chi connectivity index (χ2n) is 3.95. The minimum Gasteiger partial charge on any atom is -0.541 e. The summed E-state index contributed by atoms with van der Waals surface area (Å²) in [6.45, 7) is 3.94. The molecule has 86 valence electrons. The number of fused-ring (bicyclic) bond motifs is 1. The van der Waals surface area contributed by atoms with Crippen molar-refractivity contribution in [2.75, 3.05) is 0 Å². The molecule has 0 aromatic heterocycles. The molecule has 16 heavy (non-hydrogen) atoms. The van der Waals surface area contributed by atoms with Crippen LogP contribution in [0.15, 0.2) is 36.4 Å². The first-order valence-electron chi connectivity index (χ1n) is 5.08. The third-order valence-corrected chi connectivity index (χ3v) is 2.70. The van der Waals surface area contributed by atoms with Crippen molar-refractivity contribution in [1.29, 1.82) is 0 Å². The van der Waals surface area contributed by atoms with E-state index < -0.39 is 0 Å². The summed E-state index contributed by atoms with van der Waals surface area (Å²) in [4.78, 5) is 10.6. The van der Waals surface area contributed by atoms with Gasteiger partial charge in [-0.2, -0.15) is 0 Å². The molecule has 0 N–H and O–H groups in total. The smallest absolute Gasteiger partial charge is 0.541 e. The van der Waals surface area contributed by atoms with Crippen LogP contribution in [0.4, 0.5) is 0 Å². The van der Waals surface area contributed by atoms with E-state index in [1.165, 1.54) is 16.3 Å². The van der Waals surface area contributed by atoms with Crippen molar-refractivity contribution in [1.82, 2.24) is 0 Å². The minimum atomic E-state index is -0.143. The van der Waals surface area contributed by atoms with Crippen LogP contribution in [0.25, 0.3) is 10.8 Å². The largest absolute Gasteiger partial charge is 1.00 e. The quantitative estimate of drug-likeness (QED) is 0.614. The summed E-state index contributed by atoms with van der Waals surface area (Å²) >= 11 is 0. The van der Waals surface area contributed by atoms with Gasteiger partial charge in [0.2, 0.25) is 0 Å². The molecule has 0 radical (unpaired) electrons. The van der Waals surface area contributed by atoms with Crippen LogP contribution in [-0.4, -0.2) is 6.29 Å². The van der Waals surface area contributed by atoms with E-state index in [0.717, 1.165) is 5.56 Å². The van der Waals surface area contributed by atoms with Crippen molar-refractivity contribution in [2.24, 2.45) is 0 Å². The average molecular weight is 305 g/mol. The Morgan fingerprint density at radius 3 is 2.38 bits per heavy atom. The molecule has 1 unspecified atom stereocenters. The van der Waals surface area contributed by atoms with E-state index in [4.69, 9.17) is 0 Å². The van der Waals surface area contributed by atoms with Gasteiger partial charge in [-0.3, -0.25) is 6.29 Å². The van der Waals surface area contributed by atoms with Crippen molar-refractivity contribution in [3.05, 3.63) is 47.5 Å². The zero-order valence-corrected chi connectivity index (χ0v) is 10.7. The monoisotopic (exact) mass is 304 g/mol. The normalized spacial score (nSPS) is 11.9. The fourth-order valence-electron chi connectivity index (χ4n) is 1.72. The second kappa shape index (κ2) is 5.44. The molecule has 0 heterocycles. The number of carbonyl (C=O) groups excluding carboxylic acids is 1. The van der Waals surface area contributed by atoms with Crippen molar-refractivity contribution in [3.63, 3.8) is 0 Å². The summed E-state index contributed by atoms with van der Waals surface area (Å²) in [7, 11) is 0. The SMILES string of the molecule is Cc1ccc2cc(C(C)[C-]=O)ccc2c1.[Ag+]. The van der Waals surface area contributed by atoms with Gasteiger partial charge < -0.3 is 4.79 Å².